The van der Waals surface area contributed by atoms with Crippen molar-refractivity contribution in [1.29, 1.82) is 0 Å². The van der Waals surface area contributed by atoms with Gasteiger partial charge in [0.1, 0.15) is 0 Å². The molecule has 3 rings (SSSR count). The van der Waals surface area contributed by atoms with Gasteiger partial charge in [0.25, 0.3) is 0 Å². The Morgan fingerprint density at radius 1 is 1.04 bits per heavy atom. The van der Waals surface area contributed by atoms with E-state index in [0.29, 0.717) is 19.4 Å². The maximum atomic E-state index is 12.5. The first kappa shape index (κ1) is 15.3. The van der Waals surface area contributed by atoms with E-state index in [2.05, 4.69) is 0 Å². The number of aryl methyl sites for hydroxylation is 1. The molecule has 118 valence electrons. The van der Waals surface area contributed by atoms with Crippen molar-refractivity contribution in [2.75, 3.05) is 6.54 Å². The van der Waals surface area contributed by atoms with Crippen molar-refractivity contribution in [3.63, 3.8) is 0 Å². The largest absolute Gasteiger partial charge is 0.481 e. The number of carboxylic acid groups (broad SMARTS) is 1. The molecule has 0 bridgehead atoms. The van der Waals surface area contributed by atoms with Crippen LogP contribution in [0.3, 0.4) is 0 Å². The van der Waals surface area contributed by atoms with E-state index >= 15 is 0 Å². The number of carbonyl (C=O) groups excluding carboxylic acids is 1. The molecule has 4 nitrogen and oxygen atoms in total. The zero-order valence-electron chi connectivity index (χ0n) is 12.8. The van der Waals surface area contributed by atoms with Crippen LogP contribution >= 0.6 is 0 Å². The minimum atomic E-state index is -0.877. The molecule has 0 aromatic heterocycles. The third-order valence-electron chi connectivity index (χ3n) is 4.32. The van der Waals surface area contributed by atoms with Crippen LogP contribution in [0.4, 0.5) is 0 Å². The van der Waals surface area contributed by atoms with Gasteiger partial charge in [0.2, 0.25) is 5.91 Å². The fraction of sp³-hybridized carbons (Fsp3) is 0.263. The molecule has 2 aromatic carbocycles. The summed E-state index contributed by atoms with van der Waals surface area (Å²) in [5.74, 6) is -1.51. The predicted octanol–water partition coefficient (Wildman–Crippen LogP) is 2.83. The summed E-state index contributed by atoms with van der Waals surface area (Å²) in [5, 5.41) is 9.45. The summed E-state index contributed by atoms with van der Waals surface area (Å²) in [4.78, 5) is 25.7. The summed E-state index contributed by atoms with van der Waals surface area (Å²) >= 11 is 0. The number of amides is 1. The fourth-order valence-electron chi connectivity index (χ4n) is 3.06. The van der Waals surface area contributed by atoms with Gasteiger partial charge >= 0.3 is 5.97 Å². The smallest absolute Gasteiger partial charge is 0.312 e. The molecule has 1 atom stereocenters. The maximum absolute atomic E-state index is 12.5. The first-order valence-electron chi connectivity index (χ1n) is 7.77. The minimum absolute atomic E-state index is 0.00889. The molecule has 2 aromatic rings. The Morgan fingerprint density at radius 2 is 1.74 bits per heavy atom. The average molecular weight is 309 g/mol. The van der Waals surface area contributed by atoms with E-state index in [1.165, 1.54) is 0 Å². The quantitative estimate of drug-likeness (QED) is 0.945. The summed E-state index contributed by atoms with van der Waals surface area (Å²) in [7, 11) is 0. The van der Waals surface area contributed by atoms with Crippen molar-refractivity contribution in [3.05, 3.63) is 71.3 Å². The van der Waals surface area contributed by atoms with Crippen LogP contribution < -0.4 is 0 Å². The van der Waals surface area contributed by atoms with Gasteiger partial charge in [0.05, 0.1) is 5.92 Å². The number of nitrogens with zero attached hydrogens (tertiary/aromatic N) is 1. The number of carbonyl (C=O) groups is 2. The molecule has 1 unspecified atom stereocenters. The molecule has 23 heavy (non-hydrogen) atoms. The van der Waals surface area contributed by atoms with Gasteiger partial charge in [0.15, 0.2) is 0 Å². The predicted molar refractivity (Wildman–Crippen MR) is 87.0 cm³/mol. The van der Waals surface area contributed by atoms with Gasteiger partial charge in [-0.25, -0.2) is 0 Å². The summed E-state index contributed by atoms with van der Waals surface area (Å²) in [6.07, 6.45) is 1.08. The van der Waals surface area contributed by atoms with Crippen molar-refractivity contribution in [1.82, 2.24) is 4.90 Å². The van der Waals surface area contributed by atoms with Gasteiger partial charge in [-0.15, -0.1) is 0 Å². The van der Waals surface area contributed by atoms with Gasteiger partial charge in [-0.3, -0.25) is 9.59 Å². The van der Waals surface area contributed by atoms with Crippen LogP contribution in [0.1, 0.15) is 29.0 Å². The Morgan fingerprint density at radius 3 is 2.48 bits per heavy atom. The van der Waals surface area contributed by atoms with E-state index in [4.69, 9.17) is 0 Å². The second-order valence-electron chi connectivity index (χ2n) is 5.85. The third kappa shape index (κ3) is 3.42. The molecule has 0 aliphatic carbocycles. The molecule has 0 saturated carbocycles. The van der Waals surface area contributed by atoms with Crippen LogP contribution in [-0.4, -0.2) is 28.4 Å². The molecule has 1 aliphatic heterocycles. The zero-order valence-corrected chi connectivity index (χ0v) is 12.8. The molecule has 0 saturated heterocycles. The number of benzene rings is 2. The van der Waals surface area contributed by atoms with Crippen LogP contribution in [0, 0.1) is 0 Å². The minimum Gasteiger partial charge on any atom is -0.481 e. The zero-order chi connectivity index (χ0) is 16.2. The second kappa shape index (κ2) is 6.65. The normalized spacial score (nSPS) is 16.7. The molecule has 0 spiro atoms. The lowest BCUT2D eigenvalue weighted by Gasteiger charge is -2.33. The lowest BCUT2D eigenvalue weighted by atomic mass is 9.89. The van der Waals surface area contributed by atoms with Crippen LogP contribution in [0.5, 0.6) is 0 Å². The summed E-state index contributed by atoms with van der Waals surface area (Å²) in [5.41, 5.74) is 2.87. The Labute approximate surface area is 135 Å². The van der Waals surface area contributed by atoms with E-state index in [1.807, 2.05) is 54.6 Å². The number of aliphatic carboxylic acids is 1. The van der Waals surface area contributed by atoms with Crippen LogP contribution in [0.2, 0.25) is 0 Å². The van der Waals surface area contributed by atoms with Crippen molar-refractivity contribution >= 4 is 11.9 Å². The van der Waals surface area contributed by atoms with E-state index in [9.17, 15) is 14.7 Å². The topological polar surface area (TPSA) is 57.6 Å². The van der Waals surface area contributed by atoms with Gasteiger partial charge in [0, 0.05) is 19.5 Å². The molecular formula is C19H19NO3. The van der Waals surface area contributed by atoms with Crippen molar-refractivity contribution < 1.29 is 14.7 Å². The van der Waals surface area contributed by atoms with Crippen LogP contribution in [0.25, 0.3) is 0 Å². The first-order valence-corrected chi connectivity index (χ1v) is 7.77. The van der Waals surface area contributed by atoms with E-state index in [1.54, 1.807) is 4.90 Å². The molecule has 1 aliphatic rings. The van der Waals surface area contributed by atoms with Crippen LogP contribution in [-0.2, 0) is 22.6 Å². The van der Waals surface area contributed by atoms with Gasteiger partial charge in [-0.2, -0.15) is 0 Å². The fourth-order valence-corrected chi connectivity index (χ4v) is 3.06. The molecular weight excluding hydrogens is 290 g/mol. The van der Waals surface area contributed by atoms with Crippen molar-refractivity contribution in [2.24, 2.45) is 0 Å². The Kier molecular flexibility index (Phi) is 4.42. The standard InChI is InChI=1S/C19H19NO3/c21-18(11-10-14-6-2-1-3-7-14)20-12-15-8-4-5-9-16(15)17(13-20)19(22)23/h1-9,17H,10-13H2,(H,22,23). The molecule has 0 fully saturated rings. The van der Waals surface area contributed by atoms with Gasteiger partial charge in [-0.1, -0.05) is 54.6 Å². The maximum Gasteiger partial charge on any atom is 0.312 e. The van der Waals surface area contributed by atoms with Crippen molar-refractivity contribution in [2.45, 2.75) is 25.3 Å². The summed E-state index contributed by atoms with van der Waals surface area (Å²) in [6.45, 7) is 0.744. The second-order valence-corrected chi connectivity index (χ2v) is 5.85. The number of carboxylic acids is 1. The number of hydrogen-bond acceptors (Lipinski definition) is 2. The van der Waals surface area contributed by atoms with Crippen LogP contribution in [0.15, 0.2) is 54.6 Å². The highest BCUT2D eigenvalue weighted by atomic mass is 16.4. The highest BCUT2D eigenvalue weighted by Gasteiger charge is 2.31. The van der Waals surface area contributed by atoms with E-state index in [-0.39, 0.29) is 12.5 Å². The summed E-state index contributed by atoms with van der Waals surface area (Å²) in [6, 6.07) is 17.3. The number of fused-ring (bicyclic) bond motifs is 1. The molecule has 1 N–H and O–H groups in total. The molecule has 1 heterocycles. The average Bonchev–Trinajstić information content (AvgIpc) is 2.59. The molecule has 4 heteroatoms. The monoisotopic (exact) mass is 309 g/mol. The van der Waals surface area contributed by atoms with Crippen molar-refractivity contribution in [3.8, 4) is 0 Å². The van der Waals surface area contributed by atoms with E-state index < -0.39 is 11.9 Å². The number of hydrogen-bond donors (Lipinski definition) is 1. The lowest BCUT2D eigenvalue weighted by Crippen LogP contribution is -2.40. The third-order valence-corrected chi connectivity index (χ3v) is 4.32. The first-order chi connectivity index (χ1) is 11.1. The lowest BCUT2D eigenvalue weighted by molar-refractivity contribution is -0.141. The Balaban J connectivity index is 1.71. The van der Waals surface area contributed by atoms with Gasteiger partial charge < -0.3 is 10.0 Å². The molecule has 1 amide bonds. The van der Waals surface area contributed by atoms with Gasteiger partial charge in [-0.05, 0) is 23.1 Å². The molecule has 0 radical (unpaired) electrons. The summed E-state index contributed by atoms with van der Waals surface area (Å²) < 4.78 is 0. The SMILES string of the molecule is O=C(O)C1CN(C(=O)CCc2ccccc2)Cc2ccccc21. The number of rotatable bonds is 4. The Bertz CT molecular complexity index is 712. The highest BCUT2D eigenvalue weighted by molar-refractivity contribution is 5.81. The highest BCUT2D eigenvalue weighted by Crippen LogP contribution is 2.28. The Hall–Kier alpha value is -2.62. The van der Waals surface area contributed by atoms with E-state index in [0.717, 1.165) is 16.7 Å².